The maximum Gasteiger partial charge on any atom is 0.340 e. The van der Waals surface area contributed by atoms with Crippen molar-refractivity contribution in [3.63, 3.8) is 0 Å². The predicted octanol–water partition coefficient (Wildman–Crippen LogP) is 1.18. The zero-order chi connectivity index (χ0) is 20.7. The summed E-state index contributed by atoms with van der Waals surface area (Å²) in [5.74, 6) is -3.76. The van der Waals surface area contributed by atoms with E-state index < -0.39 is 47.5 Å². The molecule has 0 atom stereocenters. The van der Waals surface area contributed by atoms with Crippen molar-refractivity contribution < 1.29 is 38.2 Å². The van der Waals surface area contributed by atoms with E-state index in [1.165, 1.54) is 12.1 Å². The molecule has 0 spiro atoms. The Labute approximate surface area is 162 Å². The number of ketones is 4. The van der Waals surface area contributed by atoms with Crippen molar-refractivity contribution in [2.75, 3.05) is 26.4 Å². The van der Waals surface area contributed by atoms with E-state index in [0.29, 0.717) is 0 Å². The molecule has 0 aromatic heterocycles. The standard InChI is InChI=1S/C20H22O8/c1-3-26-11-13(21)9-17(23)20(18(24)10-14(22)12-27-4-2)16-8-6-5-7-15(16)19(25)28-20/h5-8H,3-4,9-12H2,1-2H3. The van der Waals surface area contributed by atoms with Gasteiger partial charge in [0.25, 0.3) is 5.60 Å². The van der Waals surface area contributed by atoms with Gasteiger partial charge >= 0.3 is 5.97 Å². The first-order valence-electron chi connectivity index (χ1n) is 8.95. The topological polar surface area (TPSA) is 113 Å². The smallest absolute Gasteiger partial charge is 0.340 e. The number of carbonyl (C=O) groups is 5. The molecule has 28 heavy (non-hydrogen) atoms. The second-order valence-corrected chi connectivity index (χ2v) is 6.17. The molecule has 8 nitrogen and oxygen atoms in total. The van der Waals surface area contributed by atoms with Crippen LogP contribution in [0.2, 0.25) is 0 Å². The van der Waals surface area contributed by atoms with Gasteiger partial charge < -0.3 is 14.2 Å². The van der Waals surface area contributed by atoms with Crippen LogP contribution in [0.25, 0.3) is 0 Å². The number of fused-ring (bicyclic) bond motifs is 1. The molecule has 0 radical (unpaired) electrons. The van der Waals surface area contributed by atoms with Crippen LogP contribution in [0.3, 0.4) is 0 Å². The fourth-order valence-corrected chi connectivity index (χ4v) is 2.93. The molecule has 0 aliphatic carbocycles. The maximum absolute atomic E-state index is 13.0. The Balaban J connectivity index is 2.36. The van der Waals surface area contributed by atoms with Crippen LogP contribution in [-0.4, -0.2) is 55.5 Å². The molecule has 1 heterocycles. The van der Waals surface area contributed by atoms with Crippen LogP contribution in [0.15, 0.2) is 24.3 Å². The van der Waals surface area contributed by atoms with E-state index in [4.69, 9.17) is 14.2 Å². The lowest BCUT2D eigenvalue weighted by Crippen LogP contribution is -2.46. The van der Waals surface area contributed by atoms with Gasteiger partial charge in [-0.15, -0.1) is 0 Å². The Hall–Kier alpha value is -2.71. The Bertz CT molecular complexity index is 761. The number of cyclic esters (lactones) is 1. The molecule has 150 valence electrons. The minimum Gasteiger partial charge on any atom is -0.434 e. The Morgan fingerprint density at radius 3 is 1.89 bits per heavy atom. The molecule has 1 aliphatic heterocycles. The summed E-state index contributed by atoms with van der Waals surface area (Å²) in [6, 6.07) is 5.94. The Morgan fingerprint density at radius 1 is 0.893 bits per heavy atom. The number of ether oxygens (including phenoxy) is 3. The van der Waals surface area contributed by atoms with Crippen LogP contribution >= 0.6 is 0 Å². The zero-order valence-electron chi connectivity index (χ0n) is 15.8. The molecule has 1 aromatic carbocycles. The molecule has 0 unspecified atom stereocenters. The van der Waals surface area contributed by atoms with E-state index in [1.807, 2.05) is 0 Å². The zero-order valence-corrected chi connectivity index (χ0v) is 15.8. The van der Waals surface area contributed by atoms with Crippen molar-refractivity contribution in [3.8, 4) is 0 Å². The number of Topliss-reactive ketones (excluding diaryl/α,β-unsaturated/α-hetero) is 4. The Kier molecular flexibility index (Phi) is 7.31. The van der Waals surface area contributed by atoms with Crippen LogP contribution in [-0.2, 0) is 39.0 Å². The number of hydrogen-bond donors (Lipinski definition) is 0. The first-order chi connectivity index (χ1) is 13.4. The minimum atomic E-state index is -2.31. The highest BCUT2D eigenvalue weighted by Crippen LogP contribution is 2.40. The van der Waals surface area contributed by atoms with E-state index in [1.54, 1.807) is 26.0 Å². The van der Waals surface area contributed by atoms with Crippen molar-refractivity contribution in [2.24, 2.45) is 0 Å². The molecule has 0 saturated heterocycles. The third-order valence-electron chi connectivity index (χ3n) is 4.21. The van der Waals surface area contributed by atoms with Gasteiger partial charge in [-0.05, 0) is 19.9 Å². The van der Waals surface area contributed by atoms with Crippen molar-refractivity contribution in [1.82, 2.24) is 0 Å². The maximum atomic E-state index is 13.0. The van der Waals surface area contributed by atoms with Gasteiger partial charge in [0.1, 0.15) is 13.2 Å². The van der Waals surface area contributed by atoms with Gasteiger partial charge in [-0.2, -0.15) is 0 Å². The van der Waals surface area contributed by atoms with E-state index >= 15 is 0 Å². The average molecular weight is 390 g/mol. The summed E-state index contributed by atoms with van der Waals surface area (Å²) in [5.41, 5.74) is -2.21. The summed E-state index contributed by atoms with van der Waals surface area (Å²) in [5, 5.41) is 0. The molecule has 8 heteroatoms. The van der Waals surface area contributed by atoms with Crippen LogP contribution < -0.4 is 0 Å². The number of esters is 1. The van der Waals surface area contributed by atoms with Crippen molar-refractivity contribution in [1.29, 1.82) is 0 Å². The van der Waals surface area contributed by atoms with Gasteiger partial charge in [0.2, 0.25) is 0 Å². The van der Waals surface area contributed by atoms with Crippen LogP contribution in [0, 0.1) is 0 Å². The molecule has 0 N–H and O–H groups in total. The second-order valence-electron chi connectivity index (χ2n) is 6.17. The lowest BCUT2D eigenvalue weighted by Gasteiger charge is -2.25. The third-order valence-corrected chi connectivity index (χ3v) is 4.21. The van der Waals surface area contributed by atoms with E-state index in [0.717, 1.165) is 0 Å². The highest BCUT2D eigenvalue weighted by atomic mass is 16.6. The third kappa shape index (κ3) is 4.40. The van der Waals surface area contributed by atoms with Gasteiger partial charge in [-0.3, -0.25) is 19.2 Å². The molecule has 0 saturated carbocycles. The molecule has 2 rings (SSSR count). The van der Waals surface area contributed by atoms with Gasteiger partial charge in [0.05, 0.1) is 18.4 Å². The van der Waals surface area contributed by atoms with Crippen molar-refractivity contribution in [3.05, 3.63) is 35.4 Å². The van der Waals surface area contributed by atoms with E-state index in [-0.39, 0.29) is 37.6 Å². The van der Waals surface area contributed by atoms with Gasteiger partial charge in [-0.1, -0.05) is 18.2 Å². The second kappa shape index (κ2) is 9.48. The quantitative estimate of drug-likeness (QED) is 0.386. The molecule has 0 amide bonds. The number of benzene rings is 1. The highest BCUT2D eigenvalue weighted by molar-refractivity contribution is 6.23. The molecule has 0 bridgehead atoms. The highest BCUT2D eigenvalue weighted by Gasteiger charge is 2.56. The van der Waals surface area contributed by atoms with Gasteiger partial charge in [-0.25, -0.2) is 4.79 Å². The summed E-state index contributed by atoms with van der Waals surface area (Å²) < 4.78 is 15.2. The summed E-state index contributed by atoms with van der Waals surface area (Å²) in [6.45, 7) is 3.36. The number of hydrogen-bond acceptors (Lipinski definition) is 8. The SMILES string of the molecule is CCOCC(=O)CC(=O)C1(C(=O)CC(=O)COCC)OC(=O)c2ccccc21. The summed E-state index contributed by atoms with van der Waals surface area (Å²) >= 11 is 0. The fraction of sp³-hybridized carbons (Fsp3) is 0.450. The number of carbonyl (C=O) groups excluding carboxylic acids is 5. The van der Waals surface area contributed by atoms with Crippen LogP contribution in [0.5, 0.6) is 0 Å². The van der Waals surface area contributed by atoms with Crippen LogP contribution in [0.1, 0.15) is 42.6 Å². The van der Waals surface area contributed by atoms with Gasteiger partial charge in [0, 0.05) is 18.8 Å². The summed E-state index contributed by atoms with van der Waals surface area (Å²) in [7, 11) is 0. The summed E-state index contributed by atoms with van der Waals surface area (Å²) in [6.07, 6.45) is -1.32. The summed E-state index contributed by atoms with van der Waals surface area (Å²) in [4.78, 5) is 62.2. The normalized spacial score (nSPS) is 14.3. The Morgan fingerprint density at radius 2 is 1.39 bits per heavy atom. The minimum absolute atomic E-state index is 0.0448. The van der Waals surface area contributed by atoms with E-state index in [2.05, 4.69) is 0 Å². The lowest BCUT2D eigenvalue weighted by molar-refractivity contribution is -0.153. The van der Waals surface area contributed by atoms with Gasteiger partial charge in [0.15, 0.2) is 23.1 Å². The number of rotatable bonds is 12. The fourth-order valence-electron chi connectivity index (χ4n) is 2.93. The molecular formula is C20H22O8. The van der Waals surface area contributed by atoms with Crippen molar-refractivity contribution >= 4 is 29.1 Å². The predicted molar refractivity (Wildman–Crippen MR) is 95.8 cm³/mol. The average Bonchev–Trinajstić information content (AvgIpc) is 2.99. The first-order valence-corrected chi connectivity index (χ1v) is 8.95. The molecule has 1 aromatic rings. The largest absolute Gasteiger partial charge is 0.434 e. The lowest BCUT2D eigenvalue weighted by atomic mass is 9.81. The molecule has 1 aliphatic rings. The van der Waals surface area contributed by atoms with Crippen LogP contribution in [0.4, 0.5) is 0 Å². The first kappa shape index (κ1) is 21.6. The monoisotopic (exact) mass is 390 g/mol. The van der Waals surface area contributed by atoms with Crippen molar-refractivity contribution in [2.45, 2.75) is 32.3 Å². The van der Waals surface area contributed by atoms with E-state index in [9.17, 15) is 24.0 Å². The molecular weight excluding hydrogens is 368 g/mol. The molecule has 0 fully saturated rings.